The van der Waals surface area contributed by atoms with Crippen molar-refractivity contribution in [2.24, 2.45) is 5.41 Å². The van der Waals surface area contributed by atoms with E-state index in [4.69, 9.17) is 5.73 Å². The fraction of sp³-hybridized carbons (Fsp3) is 0.462. The van der Waals surface area contributed by atoms with E-state index in [1.54, 1.807) is 11.3 Å². The number of nitrogen functional groups attached to an aromatic ring is 1. The van der Waals surface area contributed by atoms with E-state index in [-0.39, 0.29) is 0 Å². The second kappa shape index (κ2) is 3.88. The lowest BCUT2D eigenvalue weighted by molar-refractivity contribution is 0.521. The second-order valence-corrected chi connectivity index (χ2v) is 5.82. The Balaban J connectivity index is 1.83. The average molecular weight is 247 g/mol. The summed E-state index contributed by atoms with van der Waals surface area (Å²) in [5, 5.41) is 3.49. The molecule has 90 valence electrons. The molecule has 1 aliphatic rings. The number of hydrogen-bond acceptors (Lipinski definition) is 4. The maximum atomic E-state index is 6.14. The van der Waals surface area contributed by atoms with Gasteiger partial charge in [-0.2, -0.15) is 0 Å². The van der Waals surface area contributed by atoms with Crippen LogP contribution in [0.5, 0.6) is 0 Å². The maximum absolute atomic E-state index is 6.14. The molecule has 0 atom stereocenters. The molecular weight excluding hydrogens is 230 g/mol. The first-order valence-electron chi connectivity index (χ1n) is 6.10. The zero-order valence-corrected chi connectivity index (χ0v) is 10.8. The van der Waals surface area contributed by atoms with Crippen LogP contribution in [-0.4, -0.2) is 11.5 Å². The molecule has 1 heterocycles. The third-order valence-corrected chi connectivity index (χ3v) is 4.70. The molecule has 1 saturated carbocycles. The quantitative estimate of drug-likeness (QED) is 0.813. The number of benzene rings is 1. The van der Waals surface area contributed by atoms with Gasteiger partial charge in [0, 0.05) is 6.54 Å². The number of rotatable bonds is 4. The van der Waals surface area contributed by atoms with Crippen molar-refractivity contribution >= 4 is 32.9 Å². The Morgan fingerprint density at radius 1 is 1.47 bits per heavy atom. The summed E-state index contributed by atoms with van der Waals surface area (Å²) in [5.41, 5.74) is 11.3. The van der Waals surface area contributed by atoms with Crippen molar-refractivity contribution in [3.63, 3.8) is 0 Å². The van der Waals surface area contributed by atoms with Crippen LogP contribution in [0.1, 0.15) is 26.2 Å². The predicted molar refractivity (Wildman–Crippen MR) is 74.5 cm³/mol. The Bertz CT molecular complexity index is 543. The average Bonchev–Trinajstić information content (AvgIpc) is 2.96. The van der Waals surface area contributed by atoms with E-state index < -0.39 is 0 Å². The lowest BCUT2D eigenvalue weighted by Gasteiger charge is -2.15. The second-order valence-electron chi connectivity index (χ2n) is 4.93. The highest BCUT2D eigenvalue weighted by atomic mass is 32.1. The van der Waals surface area contributed by atoms with Crippen LogP contribution >= 0.6 is 11.3 Å². The fourth-order valence-electron chi connectivity index (χ4n) is 2.22. The Morgan fingerprint density at radius 2 is 2.29 bits per heavy atom. The minimum absolute atomic E-state index is 0.531. The molecule has 0 saturated heterocycles. The van der Waals surface area contributed by atoms with Gasteiger partial charge < -0.3 is 11.1 Å². The van der Waals surface area contributed by atoms with Crippen molar-refractivity contribution in [3.8, 4) is 0 Å². The van der Waals surface area contributed by atoms with Crippen LogP contribution in [0.3, 0.4) is 0 Å². The molecule has 1 fully saturated rings. The molecule has 1 aliphatic carbocycles. The summed E-state index contributed by atoms with van der Waals surface area (Å²) in [4.78, 5) is 4.31. The standard InChI is InChI=1S/C13H17N3S/c1-2-13(5-6-13)7-15-9-3-4-10-12(11(9)14)16-8-17-10/h3-4,8,15H,2,5-7,14H2,1H3. The van der Waals surface area contributed by atoms with Gasteiger partial charge in [-0.3, -0.25) is 0 Å². The van der Waals surface area contributed by atoms with Crippen LogP contribution in [-0.2, 0) is 0 Å². The normalized spacial score (nSPS) is 17.2. The van der Waals surface area contributed by atoms with Gasteiger partial charge in [-0.25, -0.2) is 4.98 Å². The highest BCUT2D eigenvalue weighted by molar-refractivity contribution is 7.16. The molecule has 0 unspecified atom stereocenters. The van der Waals surface area contributed by atoms with E-state index in [2.05, 4.69) is 29.4 Å². The van der Waals surface area contributed by atoms with Gasteiger partial charge in [0.1, 0.15) is 5.52 Å². The monoisotopic (exact) mass is 247 g/mol. The number of nitrogens with two attached hydrogens (primary N) is 1. The number of nitrogens with one attached hydrogen (secondary N) is 1. The Hall–Kier alpha value is -1.29. The van der Waals surface area contributed by atoms with Gasteiger partial charge in [0.15, 0.2) is 0 Å². The Labute approximate surface area is 105 Å². The summed E-state index contributed by atoms with van der Waals surface area (Å²) in [6.07, 6.45) is 3.93. The SMILES string of the molecule is CCC1(CNc2ccc3scnc3c2N)CC1. The van der Waals surface area contributed by atoms with E-state index >= 15 is 0 Å². The maximum Gasteiger partial charge on any atom is 0.106 e. The zero-order chi connectivity index (χ0) is 11.9. The van der Waals surface area contributed by atoms with Crippen LogP contribution in [0, 0.1) is 5.41 Å². The Kier molecular flexibility index (Phi) is 2.47. The van der Waals surface area contributed by atoms with E-state index in [1.165, 1.54) is 19.3 Å². The third-order valence-electron chi connectivity index (χ3n) is 3.90. The van der Waals surface area contributed by atoms with Crippen molar-refractivity contribution < 1.29 is 0 Å². The number of anilines is 2. The summed E-state index contributed by atoms with van der Waals surface area (Å²) in [6.45, 7) is 3.30. The number of hydrogen-bond donors (Lipinski definition) is 2. The topological polar surface area (TPSA) is 50.9 Å². The van der Waals surface area contributed by atoms with Gasteiger partial charge >= 0.3 is 0 Å². The van der Waals surface area contributed by atoms with E-state index in [9.17, 15) is 0 Å². The largest absolute Gasteiger partial charge is 0.395 e. The number of aromatic nitrogens is 1. The first-order valence-corrected chi connectivity index (χ1v) is 6.98. The van der Waals surface area contributed by atoms with Gasteiger partial charge in [0.25, 0.3) is 0 Å². The van der Waals surface area contributed by atoms with Gasteiger partial charge in [-0.05, 0) is 36.8 Å². The molecular formula is C13H17N3S. The zero-order valence-electron chi connectivity index (χ0n) is 9.99. The lowest BCUT2D eigenvalue weighted by atomic mass is 10.0. The highest BCUT2D eigenvalue weighted by Crippen LogP contribution is 2.48. The van der Waals surface area contributed by atoms with E-state index in [0.29, 0.717) is 5.41 Å². The van der Waals surface area contributed by atoms with Crippen molar-refractivity contribution in [3.05, 3.63) is 17.6 Å². The molecule has 0 aliphatic heterocycles. The molecule has 2 aromatic rings. The summed E-state index contributed by atoms with van der Waals surface area (Å²) < 4.78 is 1.16. The molecule has 0 radical (unpaired) electrons. The fourth-order valence-corrected chi connectivity index (χ4v) is 2.91. The Morgan fingerprint density at radius 3 is 3.00 bits per heavy atom. The van der Waals surface area contributed by atoms with Crippen LogP contribution < -0.4 is 11.1 Å². The van der Waals surface area contributed by atoms with E-state index in [0.717, 1.165) is 28.1 Å². The molecule has 0 bridgehead atoms. The van der Waals surface area contributed by atoms with Crippen LogP contribution in [0.4, 0.5) is 11.4 Å². The number of thiazole rings is 1. The molecule has 3 N–H and O–H groups in total. The summed E-state index contributed by atoms with van der Waals surface area (Å²) in [6, 6.07) is 4.17. The highest BCUT2D eigenvalue weighted by Gasteiger charge is 2.40. The number of fused-ring (bicyclic) bond motifs is 1. The van der Waals surface area contributed by atoms with Gasteiger partial charge in [-0.15, -0.1) is 11.3 Å². The lowest BCUT2D eigenvalue weighted by Crippen LogP contribution is -2.15. The van der Waals surface area contributed by atoms with Crippen LogP contribution in [0.25, 0.3) is 10.2 Å². The van der Waals surface area contributed by atoms with Crippen molar-refractivity contribution in [1.29, 1.82) is 0 Å². The smallest absolute Gasteiger partial charge is 0.106 e. The third kappa shape index (κ3) is 1.86. The molecule has 17 heavy (non-hydrogen) atoms. The van der Waals surface area contributed by atoms with Crippen molar-refractivity contribution in [1.82, 2.24) is 4.98 Å². The minimum Gasteiger partial charge on any atom is -0.395 e. The van der Waals surface area contributed by atoms with Gasteiger partial charge in [-0.1, -0.05) is 6.92 Å². The first-order chi connectivity index (χ1) is 8.24. The summed E-state index contributed by atoms with van der Waals surface area (Å²) >= 11 is 1.63. The van der Waals surface area contributed by atoms with Gasteiger partial charge in [0.2, 0.25) is 0 Å². The van der Waals surface area contributed by atoms with Crippen molar-refractivity contribution in [2.45, 2.75) is 26.2 Å². The minimum atomic E-state index is 0.531. The number of nitrogens with zero attached hydrogens (tertiary/aromatic N) is 1. The summed E-state index contributed by atoms with van der Waals surface area (Å²) in [5.74, 6) is 0. The van der Waals surface area contributed by atoms with E-state index in [1.807, 2.05) is 5.51 Å². The molecule has 1 aromatic heterocycles. The predicted octanol–water partition coefficient (Wildman–Crippen LogP) is 3.48. The van der Waals surface area contributed by atoms with Crippen LogP contribution in [0.15, 0.2) is 17.6 Å². The van der Waals surface area contributed by atoms with Crippen LogP contribution in [0.2, 0.25) is 0 Å². The molecule has 4 heteroatoms. The van der Waals surface area contributed by atoms with Crippen molar-refractivity contribution in [2.75, 3.05) is 17.6 Å². The first kappa shape index (κ1) is 10.8. The molecule has 3 rings (SSSR count). The summed E-state index contributed by atoms with van der Waals surface area (Å²) in [7, 11) is 0. The molecule has 1 aromatic carbocycles. The molecule has 3 nitrogen and oxygen atoms in total. The van der Waals surface area contributed by atoms with Gasteiger partial charge in [0.05, 0.1) is 21.6 Å². The molecule has 0 spiro atoms. The molecule has 0 amide bonds.